The van der Waals surface area contributed by atoms with Crippen LogP contribution in [0.15, 0.2) is 42.5 Å². The van der Waals surface area contributed by atoms with Crippen LogP contribution >= 0.6 is 0 Å². The van der Waals surface area contributed by atoms with Gasteiger partial charge in [0.2, 0.25) is 5.91 Å². The van der Waals surface area contributed by atoms with Crippen molar-refractivity contribution in [2.75, 3.05) is 38.2 Å². The molecule has 1 N–H and O–H groups in total. The van der Waals surface area contributed by atoms with Crippen molar-refractivity contribution >= 4 is 27.3 Å². The molecule has 5 fully saturated rings. The van der Waals surface area contributed by atoms with Gasteiger partial charge in [-0.25, -0.2) is 13.2 Å². The smallest absolute Gasteiger partial charge is 0.337 e. The number of allylic oxidation sites excluding steroid dienone is 3. The van der Waals surface area contributed by atoms with Gasteiger partial charge in [-0.2, -0.15) is 0 Å². The first-order valence-electron chi connectivity index (χ1n) is 19.7. The summed E-state index contributed by atoms with van der Waals surface area (Å²) in [5.74, 6) is 2.54. The van der Waals surface area contributed by atoms with Crippen molar-refractivity contribution in [1.82, 2.24) is 10.2 Å². The molecule has 7 nitrogen and oxygen atoms in total. The second-order valence-corrected chi connectivity index (χ2v) is 21.2. The molecule has 1 aliphatic heterocycles. The zero-order chi connectivity index (χ0) is 36.8. The van der Waals surface area contributed by atoms with Gasteiger partial charge < -0.3 is 10.1 Å². The molecule has 0 radical (unpaired) electrons. The molecule has 1 amide bonds. The molecular weight excluding hydrogens is 657 g/mol. The summed E-state index contributed by atoms with van der Waals surface area (Å²) < 4.78 is 29.0. The summed E-state index contributed by atoms with van der Waals surface area (Å²) in [4.78, 5) is 27.9. The number of rotatable bonds is 6. The highest BCUT2D eigenvalue weighted by Crippen LogP contribution is 2.76. The van der Waals surface area contributed by atoms with E-state index in [-0.39, 0.29) is 57.1 Å². The van der Waals surface area contributed by atoms with Crippen molar-refractivity contribution in [2.45, 2.75) is 105 Å². The van der Waals surface area contributed by atoms with Gasteiger partial charge >= 0.3 is 5.97 Å². The van der Waals surface area contributed by atoms with Crippen molar-refractivity contribution in [3.63, 3.8) is 0 Å². The van der Waals surface area contributed by atoms with Gasteiger partial charge in [0, 0.05) is 18.6 Å². The Morgan fingerprint density at radius 1 is 0.902 bits per heavy atom. The Labute approximate surface area is 307 Å². The minimum atomic E-state index is -2.99. The van der Waals surface area contributed by atoms with Crippen LogP contribution in [0.4, 0.5) is 0 Å². The highest BCUT2D eigenvalue weighted by Gasteiger charge is 2.70. The highest BCUT2D eigenvalue weighted by molar-refractivity contribution is 7.91. The number of hydrogen-bond donors (Lipinski definition) is 1. The number of nitrogens with one attached hydrogen (secondary N) is 1. The molecular formula is C43H62N2O5S. The number of sulfone groups is 1. The Morgan fingerprint density at radius 2 is 1.59 bits per heavy atom. The number of ether oxygens (including phenoxy) is 1. The van der Waals surface area contributed by atoms with Gasteiger partial charge in [-0.05, 0) is 139 Å². The van der Waals surface area contributed by atoms with Gasteiger partial charge in [-0.15, -0.1) is 0 Å². The maximum absolute atomic E-state index is 13.8. The Morgan fingerprint density at radius 3 is 2.24 bits per heavy atom. The highest BCUT2D eigenvalue weighted by atomic mass is 32.2. The predicted molar refractivity (Wildman–Crippen MR) is 204 cm³/mol. The summed E-state index contributed by atoms with van der Waals surface area (Å²) in [7, 11) is -1.56. The average molecular weight is 719 g/mol. The lowest BCUT2D eigenvalue weighted by atomic mass is 9.33. The van der Waals surface area contributed by atoms with E-state index in [1.165, 1.54) is 49.5 Å². The summed E-state index contributed by atoms with van der Waals surface area (Å²) in [5.41, 5.74) is 4.80. The Kier molecular flexibility index (Phi) is 9.09. The molecule has 7 rings (SSSR count). The lowest BCUT2D eigenvalue weighted by molar-refractivity contribution is -0.219. The van der Waals surface area contributed by atoms with Crippen molar-refractivity contribution in [3.8, 4) is 0 Å². The third-order valence-electron chi connectivity index (χ3n) is 16.5. The molecule has 1 heterocycles. The minimum absolute atomic E-state index is 0.0000907. The van der Waals surface area contributed by atoms with Crippen molar-refractivity contribution in [3.05, 3.63) is 53.6 Å². The maximum Gasteiger partial charge on any atom is 0.337 e. The summed E-state index contributed by atoms with van der Waals surface area (Å²) in [6.45, 7) is 20.7. The van der Waals surface area contributed by atoms with Gasteiger partial charge in [0.15, 0.2) is 9.84 Å². The molecule has 0 aromatic heterocycles. The fourth-order valence-corrected chi connectivity index (χ4v) is 15.1. The fourth-order valence-electron chi connectivity index (χ4n) is 13.8. The number of carbonyl (C=O) groups is 2. The van der Waals surface area contributed by atoms with E-state index >= 15 is 0 Å². The third kappa shape index (κ3) is 5.70. The normalized spacial score (nSPS) is 41.2. The quantitative estimate of drug-likeness (QED) is 0.239. The topological polar surface area (TPSA) is 92.8 Å². The van der Waals surface area contributed by atoms with E-state index in [0.29, 0.717) is 48.2 Å². The Balaban J connectivity index is 1.16. The Hall–Kier alpha value is -2.45. The largest absolute Gasteiger partial charge is 0.465 e. The molecule has 4 saturated carbocycles. The van der Waals surface area contributed by atoms with Crippen molar-refractivity contribution in [1.29, 1.82) is 0 Å². The second kappa shape index (κ2) is 12.6. The number of esters is 1. The Bertz CT molecular complexity index is 1720. The van der Waals surface area contributed by atoms with Crippen molar-refractivity contribution < 1.29 is 22.7 Å². The third-order valence-corrected chi connectivity index (χ3v) is 18.1. The summed E-state index contributed by atoms with van der Waals surface area (Å²) in [6, 6.07) is 8.01. The van der Waals surface area contributed by atoms with Crippen LogP contribution < -0.4 is 5.32 Å². The standard InChI is InChI=1S/C43H62N2O5S/c1-28(2)31-15-20-43(44-36(46)27-45-23-25-51(48,49)26-24-45)22-21-41(6)33(37(31)43)13-14-35-40(5)18-16-32(29-9-11-30(12-10-29)38(47)50-8)39(3,4)34(40)17-19-42(35,41)7/h9-12,16,31,33-35,37H,1,13-15,17-27H2,2-8H3,(H,44,46)/t31-,33+,34-,35+,37+,40-,41+,42+,43-/m0/s1. The average Bonchev–Trinajstić information content (AvgIpc) is 3.45. The van der Waals surface area contributed by atoms with Gasteiger partial charge in [-0.3, -0.25) is 9.69 Å². The number of fused-ring (bicyclic) bond motifs is 7. The number of hydrogen-bond acceptors (Lipinski definition) is 6. The van der Waals surface area contributed by atoms with E-state index in [4.69, 9.17) is 4.74 Å². The predicted octanol–water partition coefficient (Wildman–Crippen LogP) is 7.72. The zero-order valence-corrected chi connectivity index (χ0v) is 33.1. The summed E-state index contributed by atoms with van der Waals surface area (Å²) in [5, 5.41) is 3.67. The van der Waals surface area contributed by atoms with Crippen LogP contribution in [-0.2, 0) is 19.4 Å². The lowest BCUT2D eigenvalue weighted by Gasteiger charge is -2.72. The van der Waals surface area contributed by atoms with E-state index in [2.05, 4.69) is 71.6 Å². The zero-order valence-electron chi connectivity index (χ0n) is 32.3. The molecule has 5 aliphatic carbocycles. The van der Waals surface area contributed by atoms with Crippen LogP contribution in [0.2, 0.25) is 0 Å². The molecule has 1 aromatic rings. The summed E-state index contributed by atoms with van der Waals surface area (Å²) in [6.07, 6.45) is 12.7. The molecule has 280 valence electrons. The van der Waals surface area contributed by atoms with Gasteiger partial charge in [0.05, 0.1) is 30.7 Å². The molecule has 0 spiro atoms. The van der Waals surface area contributed by atoms with Crippen LogP contribution in [0.5, 0.6) is 0 Å². The number of carbonyl (C=O) groups excluding carboxylic acids is 2. The first kappa shape index (κ1) is 36.9. The van der Waals surface area contributed by atoms with Gasteiger partial charge in [0.1, 0.15) is 0 Å². The van der Waals surface area contributed by atoms with Gasteiger partial charge in [-0.1, -0.05) is 65.0 Å². The first-order valence-corrected chi connectivity index (χ1v) is 21.5. The van der Waals surface area contributed by atoms with Crippen LogP contribution in [0.3, 0.4) is 0 Å². The minimum Gasteiger partial charge on any atom is -0.465 e. The van der Waals surface area contributed by atoms with Crippen molar-refractivity contribution in [2.24, 2.45) is 51.2 Å². The molecule has 8 heteroatoms. The van der Waals surface area contributed by atoms with Gasteiger partial charge in [0.25, 0.3) is 0 Å². The second-order valence-electron chi connectivity index (χ2n) is 18.9. The van der Waals surface area contributed by atoms with Crippen LogP contribution in [0.1, 0.15) is 115 Å². The molecule has 0 unspecified atom stereocenters. The van der Waals surface area contributed by atoms with Crippen LogP contribution in [0.25, 0.3) is 5.57 Å². The van der Waals surface area contributed by atoms with E-state index < -0.39 is 9.84 Å². The first-order chi connectivity index (χ1) is 23.9. The molecule has 1 aromatic carbocycles. The molecule has 0 bridgehead atoms. The molecule has 1 saturated heterocycles. The lowest BCUT2D eigenvalue weighted by Crippen LogP contribution is -2.68. The van der Waals surface area contributed by atoms with E-state index in [1.54, 1.807) is 0 Å². The number of methoxy groups -OCH3 is 1. The molecule has 6 aliphatic rings. The summed E-state index contributed by atoms with van der Waals surface area (Å²) >= 11 is 0. The molecule has 51 heavy (non-hydrogen) atoms. The number of nitrogens with zero attached hydrogens (tertiary/aromatic N) is 1. The SMILES string of the molecule is C=C(C)[C@@H]1CC[C@]2(NC(=O)CN3CCS(=O)(=O)CC3)CC[C@]3(C)[C@H](CC[C@@H]4[C@@]5(C)CC=C(c6ccc(C(=O)OC)cc6)C(C)(C)[C@@H]5CC[C@]43C)[C@@H]12. The van der Waals surface area contributed by atoms with E-state index in [1.807, 2.05) is 17.0 Å². The van der Waals surface area contributed by atoms with E-state index in [9.17, 15) is 18.0 Å². The number of amides is 1. The van der Waals surface area contributed by atoms with E-state index in [0.717, 1.165) is 32.1 Å². The fraction of sp³-hybridized carbons (Fsp3) is 0.721. The number of benzene rings is 1. The molecule has 9 atom stereocenters. The monoisotopic (exact) mass is 718 g/mol. The maximum atomic E-state index is 13.8. The van der Waals surface area contributed by atoms with Crippen LogP contribution in [-0.4, -0.2) is 69.0 Å². The van der Waals surface area contributed by atoms with Crippen LogP contribution in [0, 0.1) is 51.2 Å².